The molecule has 0 bridgehead atoms. The van der Waals surface area contributed by atoms with Crippen LogP contribution in [-0.2, 0) is 6.54 Å². The fourth-order valence-electron chi connectivity index (χ4n) is 3.78. The summed E-state index contributed by atoms with van der Waals surface area (Å²) in [6.07, 6.45) is 2.88. The van der Waals surface area contributed by atoms with Crippen LogP contribution in [0.5, 0.6) is 0 Å². The van der Waals surface area contributed by atoms with E-state index in [9.17, 15) is 4.79 Å². The van der Waals surface area contributed by atoms with E-state index >= 15 is 0 Å². The largest absolute Gasteiger partial charge is 0.370 e. The van der Waals surface area contributed by atoms with E-state index in [0.29, 0.717) is 19.0 Å². The quantitative estimate of drug-likeness (QED) is 0.787. The molecule has 1 aliphatic rings. The summed E-state index contributed by atoms with van der Waals surface area (Å²) in [4.78, 5) is 14.9. The molecule has 0 saturated carbocycles. The normalized spacial score (nSPS) is 17.2. The minimum absolute atomic E-state index is 0.0639. The number of anilines is 1. The molecule has 0 aliphatic carbocycles. The van der Waals surface area contributed by atoms with Crippen molar-refractivity contribution in [2.24, 2.45) is 11.7 Å². The first-order chi connectivity index (χ1) is 12.7. The van der Waals surface area contributed by atoms with E-state index in [1.165, 1.54) is 16.3 Å². The number of nitrogens with zero attached hydrogens (tertiary/aromatic N) is 3. The maximum atomic E-state index is 12.6. The molecule has 0 radical (unpaired) electrons. The average Bonchev–Trinajstić information content (AvgIpc) is 3.14. The van der Waals surface area contributed by atoms with Gasteiger partial charge in [0.1, 0.15) is 0 Å². The number of nitrogens with two attached hydrogens (primary N) is 1. The Kier molecular flexibility index (Phi) is 4.47. The van der Waals surface area contributed by atoms with Crippen LogP contribution in [0.15, 0.2) is 53.5 Å². The molecular formula is C21H24N4O. The van der Waals surface area contributed by atoms with Crippen LogP contribution in [0.25, 0.3) is 10.8 Å². The van der Waals surface area contributed by atoms with Crippen molar-refractivity contribution in [1.29, 1.82) is 0 Å². The predicted molar refractivity (Wildman–Crippen MR) is 106 cm³/mol. The van der Waals surface area contributed by atoms with Gasteiger partial charge in [0.05, 0.1) is 18.4 Å². The lowest BCUT2D eigenvalue weighted by Gasteiger charge is -2.18. The van der Waals surface area contributed by atoms with E-state index < -0.39 is 0 Å². The minimum atomic E-state index is -0.0639. The van der Waals surface area contributed by atoms with Gasteiger partial charge in [-0.25, -0.2) is 4.68 Å². The molecule has 2 N–H and O–H groups in total. The van der Waals surface area contributed by atoms with Gasteiger partial charge >= 0.3 is 0 Å². The van der Waals surface area contributed by atoms with E-state index in [2.05, 4.69) is 41.2 Å². The van der Waals surface area contributed by atoms with E-state index in [1.54, 1.807) is 16.9 Å². The SMILES string of the molecule is Cc1ccc2ccccc2c1Cn1ncc(N2CCC(CN)C2)cc1=O. The summed E-state index contributed by atoms with van der Waals surface area (Å²) >= 11 is 0. The highest BCUT2D eigenvalue weighted by molar-refractivity contribution is 5.86. The van der Waals surface area contributed by atoms with Crippen LogP contribution in [0.2, 0.25) is 0 Å². The van der Waals surface area contributed by atoms with Gasteiger partial charge in [0, 0.05) is 19.2 Å². The van der Waals surface area contributed by atoms with Crippen molar-refractivity contribution < 1.29 is 0 Å². The summed E-state index contributed by atoms with van der Waals surface area (Å²) in [6, 6.07) is 14.2. The molecule has 26 heavy (non-hydrogen) atoms. The third-order valence-electron chi connectivity index (χ3n) is 5.42. The number of aromatic nitrogens is 2. The molecule has 0 amide bonds. The van der Waals surface area contributed by atoms with Gasteiger partial charge in [0.15, 0.2) is 0 Å². The van der Waals surface area contributed by atoms with Crippen molar-refractivity contribution in [3.63, 3.8) is 0 Å². The molecule has 1 saturated heterocycles. The Morgan fingerprint density at radius 3 is 2.85 bits per heavy atom. The van der Waals surface area contributed by atoms with Crippen molar-refractivity contribution in [3.05, 3.63) is 70.1 Å². The van der Waals surface area contributed by atoms with Crippen LogP contribution in [-0.4, -0.2) is 29.4 Å². The maximum Gasteiger partial charge on any atom is 0.269 e. The smallest absolute Gasteiger partial charge is 0.269 e. The van der Waals surface area contributed by atoms with Gasteiger partial charge in [-0.15, -0.1) is 0 Å². The van der Waals surface area contributed by atoms with Crippen LogP contribution >= 0.6 is 0 Å². The molecule has 1 unspecified atom stereocenters. The van der Waals surface area contributed by atoms with Crippen LogP contribution in [0.1, 0.15) is 17.5 Å². The molecule has 1 fully saturated rings. The van der Waals surface area contributed by atoms with Gasteiger partial charge in [-0.1, -0.05) is 36.4 Å². The van der Waals surface area contributed by atoms with Crippen molar-refractivity contribution >= 4 is 16.5 Å². The minimum Gasteiger partial charge on any atom is -0.370 e. The van der Waals surface area contributed by atoms with Gasteiger partial charge < -0.3 is 10.6 Å². The second-order valence-electron chi connectivity index (χ2n) is 7.13. The summed E-state index contributed by atoms with van der Waals surface area (Å²) in [6.45, 7) is 5.11. The van der Waals surface area contributed by atoms with Gasteiger partial charge in [0.2, 0.25) is 0 Å². The number of hydrogen-bond donors (Lipinski definition) is 1. The molecule has 4 rings (SSSR count). The first-order valence-electron chi connectivity index (χ1n) is 9.15. The lowest BCUT2D eigenvalue weighted by Crippen LogP contribution is -2.28. The molecule has 3 aromatic rings. The number of rotatable bonds is 4. The zero-order chi connectivity index (χ0) is 18.1. The summed E-state index contributed by atoms with van der Waals surface area (Å²) < 4.78 is 1.55. The Hall–Kier alpha value is -2.66. The van der Waals surface area contributed by atoms with Crippen molar-refractivity contribution in [3.8, 4) is 0 Å². The zero-order valence-electron chi connectivity index (χ0n) is 15.1. The Labute approximate surface area is 153 Å². The maximum absolute atomic E-state index is 12.6. The first-order valence-corrected chi connectivity index (χ1v) is 9.15. The summed E-state index contributed by atoms with van der Waals surface area (Å²) in [5.41, 5.74) is 8.92. The molecule has 1 atom stereocenters. The first kappa shape index (κ1) is 16.8. The fraction of sp³-hybridized carbons (Fsp3) is 0.333. The van der Waals surface area contributed by atoms with Crippen LogP contribution in [0, 0.1) is 12.8 Å². The van der Waals surface area contributed by atoms with E-state index in [4.69, 9.17) is 5.73 Å². The standard InChI is InChI=1S/C21H24N4O/c1-15-6-7-17-4-2-3-5-19(17)20(15)14-25-21(26)10-18(12-23-25)24-9-8-16(11-22)13-24/h2-7,10,12,16H,8-9,11,13-14,22H2,1H3. The Balaban J connectivity index is 1.64. The van der Waals surface area contributed by atoms with Gasteiger partial charge in [0.25, 0.3) is 5.56 Å². The molecular weight excluding hydrogens is 324 g/mol. The fourth-order valence-corrected chi connectivity index (χ4v) is 3.78. The molecule has 2 aromatic carbocycles. The van der Waals surface area contributed by atoms with E-state index in [1.807, 2.05) is 12.1 Å². The van der Waals surface area contributed by atoms with E-state index in [-0.39, 0.29) is 5.56 Å². The Morgan fingerprint density at radius 1 is 1.23 bits per heavy atom. The highest BCUT2D eigenvalue weighted by Crippen LogP contribution is 2.23. The van der Waals surface area contributed by atoms with Crippen molar-refractivity contribution in [1.82, 2.24) is 9.78 Å². The number of fused-ring (bicyclic) bond motifs is 1. The molecule has 5 heteroatoms. The molecule has 1 aliphatic heterocycles. The molecule has 2 heterocycles. The number of hydrogen-bond acceptors (Lipinski definition) is 4. The highest BCUT2D eigenvalue weighted by Gasteiger charge is 2.22. The molecule has 0 spiro atoms. The van der Waals surface area contributed by atoms with Gasteiger partial charge in [-0.2, -0.15) is 5.10 Å². The van der Waals surface area contributed by atoms with Crippen LogP contribution < -0.4 is 16.2 Å². The number of benzene rings is 2. The third-order valence-corrected chi connectivity index (χ3v) is 5.42. The zero-order valence-corrected chi connectivity index (χ0v) is 15.1. The molecule has 134 valence electrons. The molecule has 5 nitrogen and oxygen atoms in total. The van der Waals surface area contributed by atoms with Crippen LogP contribution in [0.3, 0.4) is 0 Å². The lowest BCUT2D eigenvalue weighted by atomic mass is 10.00. The second kappa shape index (κ2) is 6.92. The Morgan fingerprint density at radius 2 is 2.08 bits per heavy atom. The lowest BCUT2D eigenvalue weighted by molar-refractivity contribution is 0.601. The van der Waals surface area contributed by atoms with Crippen LogP contribution in [0.4, 0.5) is 5.69 Å². The summed E-state index contributed by atoms with van der Waals surface area (Å²) in [5.74, 6) is 0.510. The summed E-state index contributed by atoms with van der Waals surface area (Å²) in [5, 5.41) is 6.81. The molecule has 1 aromatic heterocycles. The summed E-state index contributed by atoms with van der Waals surface area (Å²) in [7, 11) is 0. The van der Waals surface area contributed by atoms with Gasteiger partial charge in [-0.05, 0) is 47.7 Å². The average molecular weight is 348 g/mol. The third kappa shape index (κ3) is 3.10. The highest BCUT2D eigenvalue weighted by atomic mass is 16.1. The monoisotopic (exact) mass is 348 g/mol. The predicted octanol–water partition coefficient (Wildman–Crippen LogP) is 2.54. The number of aryl methyl sites for hydroxylation is 1. The topological polar surface area (TPSA) is 64.2 Å². The Bertz CT molecular complexity index is 995. The van der Waals surface area contributed by atoms with Crippen molar-refractivity contribution in [2.75, 3.05) is 24.5 Å². The van der Waals surface area contributed by atoms with E-state index in [0.717, 1.165) is 30.8 Å². The van der Waals surface area contributed by atoms with Gasteiger partial charge in [-0.3, -0.25) is 4.79 Å². The van der Waals surface area contributed by atoms with Crippen molar-refractivity contribution in [2.45, 2.75) is 19.9 Å². The second-order valence-corrected chi connectivity index (χ2v) is 7.13.